The maximum atomic E-state index is 13.0. The van der Waals surface area contributed by atoms with Crippen molar-refractivity contribution in [2.24, 2.45) is 0 Å². The first kappa shape index (κ1) is 20.7. The molecule has 0 fully saturated rings. The van der Waals surface area contributed by atoms with Gasteiger partial charge in [-0.2, -0.15) is 0 Å². The fourth-order valence-electron chi connectivity index (χ4n) is 3.45. The quantitative estimate of drug-likeness (QED) is 0.567. The molecule has 0 aromatic heterocycles. The summed E-state index contributed by atoms with van der Waals surface area (Å²) in [4.78, 5) is 14.8. The number of nitrogens with one attached hydrogen (secondary N) is 1. The summed E-state index contributed by atoms with van der Waals surface area (Å²) < 4.78 is 28.2. The van der Waals surface area contributed by atoms with E-state index in [1.54, 1.807) is 65.6 Å². The second-order valence-corrected chi connectivity index (χ2v) is 9.47. The molecule has 1 heterocycles. The molecule has 0 unspecified atom stereocenters. The van der Waals surface area contributed by atoms with Gasteiger partial charge in [0.15, 0.2) is 0 Å². The zero-order chi connectivity index (χ0) is 21.3. The lowest BCUT2D eigenvalue weighted by Gasteiger charge is -2.30. The van der Waals surface area contributed by atoms with Crippen LogP contribution >= 0.6 is 23.2 Å². The first-order chi connectivity index (χ1) is 14.3. The van der Waals surface area contributed by atoms with Crippen molar-refractivity contribution in [2.75, 3.05) is 16.2 Å². The Morgan fingerprint density at radius 2 is 1.70 bits per heavy atom. The van der Waals surface area contributed by atoms with Crippen molar-refractivity contribution < 1.29 is 13.2 Å². The predicted molar refractivity (Wildman–Crippen MR) is 120 cm³/mol. The van der Waals surface area contributed by atoms with E-state index in [1.807, 2.05) is 0 Å². The van der Waals surface area contributed by atoms with Crippen LogP contribution in [0.2, 0.25) is 10.0 Å². The van der Waals surface area contributed by atoms with E-state index < -0.39 is 10.0 Å². The Hall–Kier alpha value is -2.54. The summed E-state index contributed by atoms with van der Waals surface area (Å²) in [5.41, 5.74) is 2.38. The molecule has 4 rings (SSSR count). The lowest BCUT2D eigenvalue weighted by molar-refractivity contribution is 0.0985. The Balaban J connectivity index is 1.64. The number of carbonyl (C=O) groups excluding carboxylic acids is 1. The van der Waals surface area contributed by atoms with Crippen molar-refractivity contribution >= 4 is 50.5 Å². The van der Waals surface area contributed by atoms with E-state index in [0.717, 1.165) is 17.7 Å². The van der Waals surface area contributed by atoms with E-state index in [9.17, 15) is 13.2 Å². The third-order valence-electron chi connectivity index (χ3n) is 4.93. The summed E-state index contributed by atoms with van der Waals surface area (Å²) in [5.74, 6) is -0.141. The number of aryl methyl sites for hydroxylation is 1. The number of carbonyl (C=O) groups is 1. The fraction of sp³-hybridized carbons (Fsp3) is 0.136. The number of nitrogens with zero attached hydrogens (tertiary/aromatic N) is 1. The number of halogens is 2. The molecule has 5 nitrogen and oxygen atoms in total. The highest BCUT2D eigenvalue weighted by Gasteiger charge is 2.26. The van der Waals surface area contributed by atoms with Crippen LogP contribution in [0.4, 0.5) is 11.4 Å². The minimum Gasteiger partial charge on any atom is -0.308 e. The number of anilines is 2. The molecule has 0 saturated carbocycles. The van der Waals surface area contributed by atoms with E-state index in [2.05, 4.69) is 4.72 Å². The van der Waals surface area contributed by atoms with Gasteiger partial charge in [-0.05, 0) is 73.0 Å². The topological polar surface area (TPSA) is 66.5 Å². The van der Waals surface area contributed by atoms with Crippen LogP contribution in [0.15, 0.2) is 71.6 Å². The van der Waals surface area contributed by atoms with Gasteiger partial charge in [0.1, 0.15) is 0 Å². The molecule has 1 amide bonds. The number of para-hydroxylation sites is 1. The second kappa shape index (κ2) is 8.30. The molecular formula is C22H18Cl2N2O3S. The van der Waals surface area contributed by atoms with Crippen LogP contribution < -0.4 is 9.62 Å². The summed E-state index contributed by atoms with van der Waals surface area (Å²) in [6.45, 7) is 0.568. The Morgan fingerprint density at radius 3 is 2.43 bits per heavy atom. The molecule has 0 radical (unpaired) electrons. The van der Waals surface area contributed by atoms with Crippen molar-refractivity contribution in [1.82, 2.24) is 0 Å². The first-order valence-corrected chi connectivity index (χ1v) is 11.6. The standard InChI is InChI=1S/C22H18Cl2N2O3S/c23-17-9-7-15(8-10-17)22(27)26-13-3-4-16-14-18(11-12-21(16)26)30(28,29)25-20-6-2-1-5-19(20)24/h1-2,5-12,14,25H,3-4,13H2. The van der Waals surface area contributed by atoms with Gasteiger partial charge < -0.3 is 4.90 Å². The number of fused-ring (bicyclic) bond motifs is 1. The van der Waals surface area contributed by atoms with Crippen LogP contribution in [0.5, 0.6) is 0 Å². The van der Waals surface area contributed by atoms with Crippen LogP contribution in [-0.2, 0) is 16.4 Å². The highest BCUT2D eigenvalue weighted by Crippen LogP contribution is 2.32. The number of amides is 1. The number of sulfonamides is 1. The van der Waals surface area contributed by atoms with Crippen LogP contribution in [0.1, 0.15) is 22.3 Å². The third-order valence-corrected chi connectivity index (χ3v) is 6.88. The van der Waals surface area contributed by atoms with Crippen LogP contribution in [0.25, 0.3) is 0 Å². The molecule has 1 aliphatic rings. The smallest absolute Gasteiger partial charge is 0.261 e. The van der Waals surface area contributed by atoms with Crippen molar-refractivity contribution in [3.8, 4) is 0 Å². The molecule has 3 aromatic carbocycles. The van der Waals surface area contributed by atoms with E-state index in [0.29, 0.717) is 34.3 Å². The van der Waals surface area contributed by atoms with Crippen molar-refractivity contribution in [3.63, 3.8) is 0 Å². The maximum Gasteiger partial charge on any atom is 0.261 e. The molecule has 0 bridgehead atoms. The lowest BCUT2D eigenvalue weighted by Crippen LogP contribution is -2.35. The summed E-state index contributed by atoms with van der Waals surface area (Å²) in [5, 5.41) is 0.880. The Labute approximate surface area is 185 Å². The molecule has 0 atom stereocenters. The van der Waals surface area contributed by atoms with E-state index >= 15 is 0 Å². The first-order valence-electron chi connectivity index (χ1n) is 9.33. The second-order valence-electron chi connectivity index (χ2n) is 6.94. The number of rotatable bonds is 4. The van der Waals surface area contributed by atoms with E-state index in [4.69, 9.17) is 23.2 Å². The van der Waals surface area contributed by atoms with Crippen molar-refractivity contribution in [3.05, 3.63) is 87.9 Å². The van der Waals surface area contributed by atoms with Crippen LogP contribution in [0, 0.1) is 0 Å². The minimum absolute atomic E-state index is 0.127. The molecule has 3 aromatic rings. The summed E-state index contributed by atoms with van der Waals surface area (Å²) >= 11 is 12.0. The Kier molecular flexibility index (Phi) is 5.73. The van der Waals surface area contributed by atoms with Gasteiger partial charge in [0.25, 0.3) is 15.9 Å². The van der Waals surface area contributed by atoms with Crippen molar-refractivity contribution in [2.45, 2.75) is 17.7 Å². The molecule has 30 heavy (non-hydrogen) atoms. The van der Waals surface area contributed by atoms with E-state index in [-0.39, 0.29) is 10.8 Å². The van der Waals surface area contributed by atoms with Gasteiger partial charge in [0.05, 0.1) is 15.6 Å². The predicted octanol–water partition coefficient (Wildman–Crippen LogP) is 5.39. The molecule has 0 aliphatic carbocycles. The van der Waals surface area contributed by atoms with Gasteiger partial charge >= 0.3 is 0 Å². The molecule has 1 N–H and O–H groups in total. The van der Waals surface area contributed by atoms with E-state index in [1.165, 1.54) is 6.07 Å². The highest BCUT2D eigenvalue weighted by atomic mass is 35.5. The zero-order valence-corrected chi connectivity index (χ0v) is 18.1. The average molecular weight is 461 g/mol. The molecule has 0 saturated heterocycles. The molecule has 1 aliphatic heterocycles. The number of hydrogen-bond donors (Lipinski definition) is 1. The Bertz CT molecular complexity index is 1210. The van der Waals surface area contributed by atoms with Crippen molar-refractivity contribution in [1.29, 1.82) is 0 Å². The number of hydrogen-bond acceptors (Lipinski definition) is 3. The molecule has 154 valence electrons. The summed E-state index contributed by atoms with van der Waals surface area (Å²) in [6, 6.07) is 18.2. The average Bonchev–Trinajstić information content (AvgIpc) is 2.74. The van der Waals surface area contributed by atoms with Gasteiger partial charge in [-0.25, -0.2) is 8.42 Å². The monoisotopic (exact) mass is 460 g/mol. The largest absolute Gasteiger partial charge is 0.308 e. The third kappa shape index (κ3) is 4.17. The summed E-state index contributed by atoms with van der Waals surface area (Å²) in [6.07, 6.45) is 1.43. The summed E-state index contributed by atoms with van der Waals surface area (Å²) in [7, 11) is -3.82. The van der Waals surface area contributed by atoms with Crippen LogP contribution in [0.3, 0.4) is 0 Å². The minimum atomic E-state index is -3.82. The van der Waals surface area contributed by atoms with Gasteiger partial charge in [0, 0.05) is 22.8 Å². The van der Waals surface area contributed by atoms with Gasteiger partial charge in [-0.15, -0.1) is 0 Å². The zero-order valence-electron chi connectivity index (χ0n) is 15.8. The molecular weight excluding hydrogens is 443 g/mol. The fourth-order valence-corrected chi connectivity index (χ4v) is 4.94. The molecule has 0 spiro atoms. The molecule has 8 heteroatoms. The maximum absolute atomic E-state index is 13.0. The number of benzene rings is 3. The SMILES string of the molecule is O=C(c1ccc(Cl)cc1)N1CCCc2cc(S(=O)(=O)Nc3ccccc3Cl)ccc21. The van der Waals surface area contributed by atoms with Gasteiger partial charge in [-0.3, -0.25) is 9.52 Å². The normalized spacial score (nSPS) is 13.6. The lowest BCUT2D eigenvalue weighted by atomic mass is 10.0. The van der Waals surface area contributed by atoms with Gasteiger partial charge in [-0.1, -0.05) is 35.3 Å². The highest BCUT2D eigenvalue weighted by molar-refractivity contribution is 7.92. The van der Waals surface area contributed by atoms with Gasteiger partial charge in [0.2, 0.25) is 0 Å². The Morgan fingerprint density at radius 1 is 0.967 bits per heavy atom. The van der Waals surface area contributed by atoms with Crippen LogP contribution in [-0.4, -0.2) is 20.9 Å².